The topological polar surface area (TPSA) is 21.6 Å². The molecule has 0 aliphatic rings. The Labute approximate surface area is 129 Å². The van der Waals surface area contributed by atoms with E-state index in [1.165, 1.54) is 36.4 Å². The normalized spacial score (nSPS) is 12.1. The van der Waals surface area contributed by atoms with Gasteiger partial charge in [0.25, 0.3) is 6.43 Å². The van der Waals surface area contributed by atoms with Crippen LogP contribution in [0.1, 0.15) is 28.7 Å². The maximum Gasteiger partial charge on any atom is 0.416 e. The third kappa shape index (κ3) is 5.05. The maximum atomic E-state index is 12.5. The Bertz CT molecular complexity index is 665. The Morgan fingerprint density at radius 1 is 1.04 bits per heavy atom. The Kier molecular flexibility index (Phi) is 5.31. The quantitative estimate of drug-likeness (QED) is 0.420. The first kappa shape index (κ1) is 16.9. The van der Waals surface area contributed by atoms with Gasteiger partial charge in [-0.25, -0.2) is 8.78 Å². The second-order valence-corrected chi connectivity index (χ2v) is 4.67. The molecule has 0 unspecified atom stereocenters. The fourth-order valence-electron chi connectivity index (χ4n) is 1.76. The zero-order valence-electron chi connectivity index (χ0n) is 11.7. The zero-order chi connectivity index (χ0) is 16.9. The second-order valence-electron chi connectivity index (χ2n) is 4.67. The third-order valence-corrected chi connectivity index (χ3v) is 2.95. The molecule has 2 aromatic rings. The van der Waals surface area contributed by atoms with Gasteiger partial charge in [-0.1, -0.05) is 41.6 Å². The molecule has 0 aliphatic carbocycles. The molecule has 23 heavy (non-hydrogen) atoms. The highest BCUT2D eigenvalue weighted by Gasteiger charge is 2.30. The first-order chi connectivity index (χ1) is 10.9. The molecule has 7 heteroatoms. The van der Waals surface area contributed by atoms with Crippen molar-refractivity contribution in [2.24, 2.45) is 5.16 Å². The van der Waals surface area contributed by atoms with Gasteiger partial charge in [-0.3, -0.25) is 0 Å². The number of oxime groups is 1. The van der Waals surface area contributed by atoms with Crippen molar-refractivity contribution in [3.8, 4) is 0 Å². The molecule has 2 rings (SSSR count). The number of benzene rings is 2. The van der Waals surface area contributed by atoms with Gasteiger partial charge in [0.15, 0.2) is 0 Å². The molecule has 0 amide bonds. The van der Waals surface area contributed by atoms with Gasteiger partial charge >= 0.3 is 6.18 Å². The average molecular weight is 329 g/mol. The summed E-state index contributed by atoms with van der Waals surface area (Å²) < 4.78 is 62.4. The lowest BCUT2D eigenvalue weighted by atomic mass is 10.1. The summed E-state index contributed by atoms with van der Waals surface area (Å²) in [4.78, 5) is 4.95. The van der Waals surface area contributed by atoms with Crippen LogP contribution < -0.4 is 0 Å². The molecule has 0 saturated carbocycles. The van der Waals surface area contributed by atoms with E-state index in [9.17, 15) is 22.0 Å². The van der Waals surface area contributed by atoms with Gasteiger partial charge in [-0.15, -0.1) is 0 Å². The Hall–Kier alpha value is -2.44. The van der Waals surface area contributed by atoms with E-state index in [2.05, 4.69) is 5.16 Å². The highest BCUT2D eigenvalue weighted by atomic mass is 19.4. The summed E-state index contributed by atoms with van der Waals surface area (Å²) >= 11 is 0. The Morgan fingerprint density at radius 3 is 2.35 bits per heavy atom. The third-order valence-electron chi connectivity index (χ3n) is 2.95. The molecular weight excluding hydrogens is 317 g/mol. The predicted molar refractivity (Wildman–Crippen MR) is 75.2 cm³/mol. The first-order valence-corrected chi connectivity index (χ1v) is 6.56. The van der Waals surface area contributed by atoms with Crippen molar-refractivity contribution in [1.82, 2.24) is 0 Å². The Morgan fingerprint density at radius 2 is 1.74 bits per heavy atom. The monoisotopic (exact) mass is 329 g/mol. The van der Waals surface area contributed by atoms with Crippen LogP contribution in [-0.2, 0) is 17.6 Å². The molecule has 122 valence electrons. The number of alkyl halides is 5. The van der Waals surface area contributed by atoms with Gasteiger partial charge in [0.05, 0.1) is 11.8 Å². The lowest BCUT2D eigenvalue weighted by molar-refractivity contribution is -0.137. The number of rotatable bonds is 5. The summed E-state index contributed by atoms with van der Waals surface area (Å²) in [6.45, 7) is 0.0268. The zero-order valence-corrected chi connectivity index (χ0v) is 11.7. The van der Waals surface area contributed by atoms with Crippen molar-refractivity contribution >= 4 is 6.21 Å². The molecule has 0 spiro atoms. The van der Waals surface area contributed by atoms with Gasteiger partial charge in [-0.2, -0.15) is 13.2 Å². The van der Waals surface area contributed by atoms with Crippen LogP contribution in [0.5, 0.6) is 0 Å². The van der Waals surface area contributed by atoms with Crippen LogP contribution in [0, 0.1) is 0 Å². The van der Waals surface area contributed by atoms with E-state index in [1.54, 1.807) is 0 Å². The van der Waals surface area contributed by atoms with E-state index in [1.807, 2.05) is 0 Å². The Balaban J connectivity index is 1.92. The first-order valence-electron chi connectivity index (χ1n) is 6.56. The molecule has 2 nitrogen and oxygen atoms in total. The molecule has 0 atom stereocenters. The molecule has 0 aromatic heterocycles. The minimum atomic E-state index is -4.42. The van der Waals surface area contributed by atoms with Crippen molar-refractivity contribution in [3.05, 3.63) is 70.8 Å². The highest BCUT2D eigenvalue weighted by Crippen LogP contribution is 2.29. The summed E-state index contributed by atoms with van der Waals surface area (Å²) in [5.74, 6) is 0. The molecule has 0 bridgehead atoms. The molecule has 0 aliphatic heterocycles. The van der Waals surface area contributed by atoms with E-state index in [-0.39, 0.29) is 17.7 Å². The van der Waals surface area contributed by atoms with Crippen molar-refractivity contribution in [3.63, 3.8) is 0 Å². The van der Waals surface area contributed by atoms with Crippen LogP contribution in [0.15, 0.2) is 53.7 Å². The van der Waals surface area contributed by atoms with E-state index >= 15 is 0 Å². The molecule has 0 fully saturated rings. The maximum absolute atomic E-state index is 12.5. The van der Waals surface area contributed by atoms with E-state index in [4.69, 9.17) is 4.84 Å². The number of hydrogen-bond acceptors (Lipinski definition) is 2. The molecular formula is C16H12F5NO. The standard InChI is InChI=1S/C16H12F5NO/c17-15(18)13-6-4-11(5-7-13)10-23-22-9-12-2-1-3-14(8-12)16(19,20)21/h1-9,15H,10H2. The summed E-state index contributed by atoms with van der Waals surface area (Å²) in [5.41, 5.74) is -0.00581. The fraction of sp³-hybridized carbons (Fsp3) is 0.188. The van der Waals surface area contributed by atoms with Crippen LogP contribution in [0.3, 0.4) is 0 Å². The molecule has 0 saturated heterocycles. The SMILES string of the molecule is FC(F)c1ccc(CON=Cc2cccc(C(F)(F)F)c2)cc1. The summed E-state index contributed by atoms with van der Waals surface area (Å²) in [7, 11) is 0. The van der Waals surface area contributed by atoms with Gasteiger partial charge in [0, 0.05) is 5.56 Å². The minimum absolute atomic E-state index is 0.0268. The van der Waals surface area contributed by atoms with Crippen LogP contribution in [0.4, 0.5) is 22.0 Å². The van der Waals surface area contributed by atoms with E-state index in [0.717, 1.165) is 18.3 Å². The van der Waals surface area contributed by atoms with Crippen molar-refractivity contribution < 1.29 is 26.8 Å². The molecule has 0 N–H and O–H groups in total. The molecule has 0 heterocycles. The van der Waals surface area contributed by atoms with Gasteiger partial charge in [0.2, 0.25) is 0 Å². The minimum Gasteiger partial charge on any atom is -0.391 e. The van der Waals surface area contributed by atoms with Crippen LogP contribution in [0.2, 0.25) is 0 Å². The largest absolute Gasteiger partial charge is 0.416 e. The predicted octanol–water partition coefficient (Wildman–Crippen LogP) is 5.19. The van der Waals surface area contributed by atoms with Crippen LogP contribution >= 0.6 is 0 Å². The van der Waals surface area contributed by atoms with Gasteiger partial charge in [-0.05, 0) is 23.3 Å². The average Bonchev–Trinajstić information content (AvgIpc) is 2.51. The van der Waals surface area contributed by atoms with Gasteiger partial charge < -0.3 is 4.84 Å². The lowest BCUT2D eigenvalue weighted by Crippen LogP contribution is -2.05. The van der Waals surface area contributed by atoms with Crippen molar-refractivity contribution in [1.29, 1.82) is 0 Å². The number of hydrogen-bond donors (Lipinski definition) is 0. The van der Waals surface area contributed by atoms with Crippen LogP contribution in [0.25, 0.3) is 0 Å². The summed E-state index contributed by atoms with van der Waals surface area (Å²) in [5, 5.41) is 3.58. The fourth-order valence-corrected chi connectivity index (χ4v) is 1.76. The van der Waals surface area contributed by atoms with Gasteiger partial charge in [0.1, 0.15) is 6.61 Å². The number of nitrogens with zero attached hydrogens (tertiary/aromatic N) is 1. The van der Waals surface area contributed by atoms with Crippen molar-refractivity contribution in [2.75, 3.05) is 0 Å². The summed E-state index contributed by atoms with van der Waals surface area (Å²) in [6, 6.07) is 10.1. The lowest BCUT2D eigenvalue weighted by Gasteiger charge is -2.06. The van der Waals surface area contributed by atoms with E-state index in [0.29, 0.717) is 5.56 Å². The van der Waals surface area contributed by atoms with Crippen molar-refractivity contribution in [2.45, 2.75) is 19.2 Å². The van der Waals surface area contributed by atoms with Crippen LogP contribution in [-0.4, -0.2) is 6.21 Å². The molecule has 2 aromatic carbocycles. The second kappa shape index (κ2) is 7.21. The summed E-state index contributed by atoms with van der Waals surface area (Å²) in [6.07, 6.45) is -5.80. The van der Waals surface area contributed by atoms with E-state index < -0.39 is 18.2 Å². The highest BCUT2D eigenvalue weighted by molar-refractivity contribution is 5.79. The molecule has 0 radical (unpaired) electrons. The smallest absolute Gasteiger partial charge is 0.391 e. The number of halogens is 5.